The highest BCUT2D eigenvalue weighted by Gasteiger charge is 2.28. The molecule has 1 amide bonds. The second-order valence-corrected chi connectivity index (χ2v) is 6.08. The molecule has 3 rings (SSSR count). The van der Waals surface area contributed by atoms with E-state index in [-0.39, 0.29) is 11.9 Å². The maximum atomic E-state index is 12.9. The van der Waals surface area contributed by atoms with Crippen LogP contribution in [0.4, 0.5) is 5.82 Å². The van der Waals surface area contributed by atoms with Gasteiger partial charge < -0.3 is 9.84 Å². The third-order valence-electron chi connectivity index (χ3n) is 4.25. The summed E-state index contributed by atoms with van der Waals surface area (Å²) in [6, 6.07) is 11.4. The van der Waals surface area contributed by atoms with E-state index in [0.29, 0.717) is 11.6 Å². The summed E-state index contributed by atoms with van der Waals surface area (Å²) in [4.78, 5) is 15.2. The first-order chi connectivity index (χ1) is 11.2. The van der Waals surface area contributed by atoms with Crippen LogP contribution in [0.1, 0.15) is 43.0 Å². The van der Waals surface area contributed by atoms with Gasteiger partial charge in [0, 0.05) is 6.07 Å². The quantitative estimate of drug-likeness (QED) is 0.938. The summed E-state index contributed by atoms with van der Waals surface area (Å²) in [6.45, 7) is 3.71. The van der Waals surface area contributed by atoms with Gasteiger partial charge >= 0.3 is 0 Å². The van der Waals surface area contributed by atoms with Crippen molar-refractivity contribution in [3.8, 4) is 0 Å². The summed E-state index contributed by atoms with van der Waals surface area (Å²) < 4.78 is 5.04. The van der Waals surface area contributed by atoms with E-state index in [1.54, 1.807) is 6.07 Å². The topological polar surface area (TPSA) is 58.4 Å². The third kappa shape index (κ3) is 3.99. The first-order valence-electron chi connectivity index (χ1n) is 8.27. The summed E-state index contributed by atoms with van der Waals surface area (Å²) in [5.41, 5.74) is 1.02. The first-order valence-corrected chi connectivity index (χ1v) is 8.27. The van der Waals surface area contributed by atoms with Crippen LogP contribution in [0.3, 0.4) is 0 Å². The molecule has 0 radical (unpaired) electrons. The molecule has 0 bridgehead atoms. The zero-order valence-corrected chi connectivity index (χ0v) is 13.5. The van der Waals surface area contributed by atoms with Crippen LogP contribution >= 0.6 is 0 Å². The van der Waals surface area contributed by atoms with Crippen LogP contribution < -0.4 is 5.32 Å². The zero-order valence-electron chi connectivity index (χ0n) is 13.5. The van der Waals surface area contributed by atoms with E-state index >= 15 is 0 Å². The average Bonchev–Trinajstić information content (AvgIpc) is 2.80. The highest BCUT2D eigenvalue weighted by Crippen LogP contribution is 2.25. The monoisotopic (exact) mass is 313 g/mol. The molecule has 1 aliphatic rings. The molecule has 5 heteroatoms. The predicted molar refractivity (Wildman–Crippen MR) is 89.1 cm³/mol. The van der Waals surface area contributed by atoms with Crippen molar-refractivity contribution in [3.63, 3.8) is 0 Å². The molecular formula is C18H23N3O2. The second kappa shape index (κ2) is 7.42. The van der Waals surface area contributed by atoms with Crippen LogP contribution in [0.25, 0.3) is 0 Å². The van der Waals surface area contributed by atoms with Crippen LogP contribution in [0, 0.1) is 6.92 Å². The molecule has 2 aromatic rings. The number of nitrogens with zero attached hydrogens (tertiary/aromatic N) is 2. The van der Waals surface area contributed by atoms with Gasteiger partial charge in [0.15, 0.2) is 5.82 Å². The molecule has 0 aliphatic carbocycles. The minimum atomic E-state index is -0.286. The summed E-state index contributed by atoms with van der Waals surface area (Å²) in [5.74, 6) is 1.11. The molecule has 1 N–H and O–H groups in total. The lowest BCUT2D eigenvalue weighted by Crippen LogP contribution is -2.38. The number of hydrogen-bond donors (Lipinski definition) is 1. The molecule has 1 saturated heterocycles. The van der Waals surface area contributed by atoms with Gasteiger partial charge in [0.2, 0.25) is 5.91 Å². The van der Waals surface area contributed by atoms with Gasteiger partial charge in [-0.2, -0.15) is 0 Å². The number of benzene rings is 1. The van der Waals surface area contributed by atoms with Crippen LogP contribution in [0.2, 0.25) is 0 Å². The van der Waals surface area contributed by atoms with Gasteiger partial charge in [0.1, 0.15) is 11.8 Å². The van der Waals surface area contributed by atoms with Crippen LogP contribution in [0.5, 0.6) is 0 Å². The molecule has 1 aromatic heterocycles. The largest absolute Gasteiger partial charge is 0.360 e. The number of amides is 1. The van der Waals surface area contributed by atoms with Crippen molar-refractivity contribution in [2.24, 2.45) is 0 Å². The smallest absolute Gasteiger partial charge is 0.247 e. The fourth-order valence-electron chi connectivity index (χ4n) is 3.14. The Morgan fingerprint density at radius 1 is 1.17 bits per heavy atom. The first kappa shape index (κ1) is 15.7. The van der Waals surface area contributed by atoms with Crippen molar-refractivity contribution in [1.82, 2.24) is 10.1 Å². The number of rotatable bonds is 4. The highest BCUT2D eigenvalue weighted by atomic mass is 16.5. The Hall–Kier alpha value is -2.14. The summed E-state index contributed by atoms with van der Waals surface area (Å²) in [5, 5.41) is 6.76. The van der Waals surface area contributed by atoms with E-state index < -0.39 is 0 Å². The molecule has 0 saturated carbocycles. The number of carbonyl (C=O) groups is 1. The van der Waals surface area contributed by atoms with Crippen LogP contribution in [-0.2, 0) is 4.79 Å². The Kier molecular flexibility index (Phi) is 5.08. The molecule has 1 aliphatic heterocycles. The Bertz CT molecular complexity index is 631. The van der Waals surface area contributed by atoms with Crippen LogP contribution in [-0.4, -0.2) is 29.1 Å². The van der Waals surface area contributed by atoms with Crippen molar-refractivity contribution >= 4 is 11.7 Å². The zero-order chi connectivity index (χ0) is 16.1. The highest BCUT2D eigenvalue weighted by molar-refractivity contribution is 5.94. The van der Waals surface area contributed by atoms with Gasteiger partial charge in [-0.3, -0.25) is 9.69 Å². The summed E-state index contributed by atoms with van der Waals surface area (Å²) in [7, 11) is 0. The predicted octanol–water partition coefficient (Wildman–Crippen LogP) is 3.54. The van der Waals surface area contributed by atoms with E-state index in [1.165, 1.54) is 12.8 Å². The van der Waals surface area contributed by atoms with Crippen molar-refractivity contribution < 1.29 is 9.32 Å². The molecular weight excluding hydrogens is 290 g/mol. The van der Waals surface area contributed by atoms with Gasteiger partial charge in [-0.15, -0.1) is 0 Å². The normalized spacial score (nSPS) is 17.4. The standard InChI is InChI=1S/C18H23N3O2/c1-14-13-16(20-23-14)19-18(22)17(15-9-5-4-6-10-15)21-11-7-2-3-8-12-21/h4-6,9-10,13,17H,2-3,7-8,11-12H2,1H3,(H,19,20,22). The van der Waals surface area contributed by atoms with Crippen molar-refractivity contribution in [2.45, 2.75) is 38.6 Å². The van der Waals surface area contributed by atoms with E-state index in [1.807, 2.05) is 37.3 Å². The number of carbonyl (C=O) groups excluding carboxylic acids is 1. The van der Waals surface area contributed by atoms with Crippen molar-refractivity contribution in [1.29, 1.82) is 0 Å². The van der Waals surface area contributed by atoms with E-state index in [9.17, 15) is 4.79 Å². The SMILES string of the molecule is Cc1cc(NC(=O)C(c2ccccc2)N2CCCCCC2)no1. The van der Waals surface area contributed by atoms with Gasteiger partial charge in [0.25, 0.3) is 0 Å². The molecule has 122 valence electrons. The Balaban J connectivity index is 1.83. The second-order valence-electron chi connectivity index (χ2n) is 6.08. The van der Waals surface area contributed by atoms with Gasteiger partial charge in [0.05, 0.1) is 0 Å². The number of nitrogens with one attached hydrogen (secondary N) is 1. The van der Waals surface area contributed by atoms with Crippen molar-refractivity contribution in [2.75, 3.05) is 18.4 Å². The minimum absolute atomic E-state index is 0.0496. The van der Waals surface area contributed by atoms with Crippen LogP contribution in [0.15, 0.2) is 40.9 Å². The lowest BCUT2D eigenvalue weighted by Gasteiger charge is -2.29. The Labute approximate surface area is 136 Å². The number of likely N-dealkylation sites (tertiary alicyclic amines) is 1. The average molecular weight is 313 g/mol. The van der Waals surface area contributed by atoms with Gasteiger partial charge in [-0.1, -0.05) is 48.3 Å². The van der Waals surface area contributed by atoms with Gasteiger partial charge in [-0.25, -0.2) is 0 Å². The molecule has 1 fully saturated rings. The Morgan fingerprint density at radius 2 is 1.87 bits per heavy atom. The van der Waals surface area contributed by atoms with Gasteiger partial charge in [-0.05, 0) is 38.4 Å². The number of aromatic nitrogens is 1. The van der Waals surface area contributed by atoms with E-state index in [2.05, 4.69) is 15.4 Å². The number of anilines is 1. The molecule has 1 atom stereocenters. The molecule has 23 heavy (non-hydrogen) atoms. The molecule has 5 nitrogen and oxygen atoms in total. The Morgan fingerprint density at radius 3 is 2.48 bits per heavy atom. The minimum Gasteiger partial charge on any atom is -0.360 e. The molecule has 0 spiro atoms. The maximum Gasteiger partial charge on any atom is 0.247 e. The number of hydrogen-bond acceptors (Lipinski definition) is 4. The molecule has 2 heterocycles. The maximum absolute atomic E-state index is 12.9. The lowest BCUT2D eigenvalue weighted by atomic mass is 10.0. The van der Waals surface area contributed by atoms with E-state index in [4.69, 9.17) is 4.52 Å². The lowest BCUT2D eigenvalue weighted by molar-refractivity contribution is -0.121. The summed E-state index contributed by atoms with van der Waals surface area (Å²) in [6.07, 6.45) is 4.75. The van der Waals surface area contributed by atoms with Crippen molar-refractivity contribution in [3.05, 3.63) is 47.7 Å². The van der Waals surface area contributed by atoms with E-state index in [0.717, 1.165) is 31.5 Å². The molecule has 1 unspecified atom stereocenters. The molecule has 1 aromatic carbocycles. The fourth-order valence-corrected chi connectivity index (χ4v) is 3.14. The summed E-state index contributed by atoms with van der Waals surface area (Å²) >= 11 is 0. The number of aryl methyl sites for hydroxylation is 1. The third-order valence-corrected chi connectivity index (χ3v) is 4.25. The fraction of sp³-hybridized carbons (Fsp3) is 0.444.